The summed E-state index contributed by atoms with van der Waals surface area (Å²) in [6.45, 7) is 6.88. The predicted octanol–water partition coefficient (Wildman–Crippen LogP) is 4.40. The van der Waals surface area contributed by atoms with Crippen LogP contribution in [0.15, 0.2) is 36.6 Å². The Morgan fingerprint density at radius 3 is 2.29 bits per heavy atom. The number of esters is 1. The van der Waals surface area contributed by atoms with E-state index in [0.29, 0.717) is 36.1 Å². The molecular weight excluding hydrogens is 508 g/mol. The van der Waals surface area contributed by atoms with Crippen molar-refractivity contribution in [2.45, 2.75) is 70.8 Å². The van der Waals surface area contributed by atoms with Gasteiger partial charge in [-0.1, -0.05) is 38.5 Å². The minimum absolute atomic E-state index is 0.0329. The van der Waals surface area contributed by atoms with Gasteiger partial charge < -0.3 is 31.1 Å². The molecule has 2 rings (SSSR count). The van der Waals surface area contributed by atoms with Crippen molar-refractivity contribution >= 4 is 29.7 Å². The second-order valence-corrected chi connectivity index (χ2v) is 10.6. The number of aliphatic carboxylic acids is 2. The molecule has 1 aromatic rings. The van der Waals surface area contributed by atoms with Gasteiger partial charge >= 0.3 is 17.9 Å². The minimum Gasteiger partial charge on any atom is -0.512 e. The number of carboxylic acid groups (broad SMARTS) is 2. The number of nitrogens with one attached hydrogen (secondary N) is 1. The summed E-state index contributed by atoms with van der Waals surface area (Å²) in [5, 5.41) is 29.4. The molecule has 0 radical (unpaired) electrons. The van der Waals surface area contributed by atoms with Gasteiger partial charge in [-0.2, -0.15) is 11.8 Å². The maximum absolute atomic E-state index is 12.1. The molecule has 9 nitrogen and oxygen atoms in total. The van der Waals surface area contributed by atoms with Crippen molar-refractivity contribution in [3.05, 3.63) is 42.2 Å². The van der Waals surface area contributed by atoms with Crippen LogP contribution >= 0.6 is 11.8 Å². The molecule has 1 aliphatic rings. The molecule has 1 fully saturated rings. The zero-order valence-corrected chi connectivity index (χ0v) is 23.2. The number of carboxylic acids is 2. The highest BCUT2D eigenvalue weighted by Gasteiger charge is 2.27. The first-order chi connectivity index (χ1) is 18.2. The van der Waals surface area contributed by atoms with Crippen LogP contribution in [0.1, 0.15) is 63.9 Å². The molecule has 0 amide bonds. The Balaban J connectivity index is 0.000000403. The smallest absolute Gasteiger partial charge is 0.321 e. The fraction of sp³-hybridized carbons (Fsp3) is 0.607. The molecule has 0 aromatic heterocycles. The van der Waals surface area contributed by atoms with Crippen molar-refractivity contribution in [2.75, 3.05) is 24.6 Å². The van der Waals surface area contributed by atoms with E-state index in [1.165, 1.54) is 11.8 Å². The number of carbonyl (C=O) groups is 3. The topological polar surface area (TPSA) is 159 Å². The molecule has 1 aliphatic carbocycles. The van der Waals surface area contributed by atoms with Crippen molar-refractivity contribution in [1.82, 2.24) is 5.32 Å². The van der Waals surface area contributed by atoms with E-state index in [4.69, 9.17) is 25.8 Å². The van der Waals surface area contributed by atoms with Gasteiger partial charge in [-0.15, -0.1) is 0 Å². The number of rotatable bonds is 16. The van der Waals surface area contributed by atoms with Crippen LogP contribution < -0.4 is 15.8 Å². The standard InChI is InChI=1S/C17H23NO4.C11H21NO3S/c18-11-13-1-6-14(7-2-13)17(21)22-15-8-3-12(4-9-15)5-10-16(19)20;1-3-4-5-6-12-10(11(14)15)8-16-7-9(2)13/h3-4,8-9,13-14H,1-2,5-7,10-11,18H2,(H,19,20);10,12-13H,2-8H2,1H3,(H,14,15). The Morgan fingerprint density at radius 1 is 1.11 bits per heavy atom. The van der Waals surface area contributed by atoms with Crippen LogP contribution in [0.2, 0.25) is 0 Å². The van der Waals surface area contributed by atoms with E-state index in [-0.39, 0.29) is 24.1 Å². The van der Waals surface area contributed by atoms with Crippen LogP contribution in [0.5, 0.6) is 5.75 Å². The monoisotopic (exact) mass is 552 g/mol. The fourth-order valence-corrected chi connectivity index (χ4v) is 4.82. The summed E-state index contributed by atoms with van der Waals surface area (Å²) in [5.74, 6) is 0.114. The number of thioether (sulfide) groups is 1. The third kappa shape index (κ3) is 15.0. The lowest BCUT2D eigenvalue weighted by Crippen LogP contribution is -2.39. The molecule has 1 unspecified atom stereocenters. The molecule has 10 heteroatoms. The van der Waals surface area contributed by atoms with Crippen LogP contribution in [-0.2, 0) is 20.8 Å². The summed E-state index contributed by atoms with van der Waals surface area (Å²) in [7, 11) is 0. The maximum atomic E-state index is 12.1. The zero-order chi connectivity index (χ0) is 28.3. The van der Waals surface area contributed by atoms with Gasteiger partial charge in [0.2, 0.25) is 0 Å². The van der Waals surface area contributed by atoms with Gasteiger partial charge in [0.05, 0.1) is 17.4 Å². The fourth-order valence-electron chi connectivity index (χ4n) is 3.97. The summed E-state index contributed by atoms with van der Waals surface area (Å²) in [6, 6.07) is 6.51. The zero-order valence-electron chi connectivity index (χ0n) is 22.4. The second kappa shape index (κ2) is 19.5. The van der Waals surface area contributed by atoms with Crippen LogP contribution in [0.4, 0.5) is 0 Å². The van der Waals surface area contributed by atoms with Crippen molar-refractivity contribution in [1.29, 1.82) is 0 Å². The molecule has 0 aliphatic heterocycles. The molecular formula is C28H44N2O7S. The number of aliphatic hydroxyl groups is 1. The molecule has 0 bridgehead atoms. The highest BCUT2D eigenvalue weighted by atomic mass is 32.2. The Kier molecular flexibility index (Phi) is 17.2. The predicted molar refractivity (Wildman–Crippen MR) is 151 cm³/mol. The molecule has 0 spiro atoms. The van der Waals surface area contributed by atoms with E-state index in [2.05, 4.69) is 18.8 Å². The van der Waals surface area contributed by atoms with E-state index < -0.39 is 18.0 Å². The summed E-state index contributed by atoms with van der Waals surface area (Å²) in [5.41, 5.74) is 6.57. The average Bonchev–Trinajstić information content (AvgIpc) is 2.89. The number of ether oxygens (including phenoxy) is 1. The van der Waals surface area contributed by atoms with Crippen LogP contribution in [0.3, 0.4) is 0 Å². The van der Waals surface area contributed by atoms with Crippen molar-refractivity contribution in [3.8, 4) is 5.75 Å². The van der Waals surface area contributed by atoms with Gasteiger partial charge in [0.25, 0.3) is 0 Å². The maximum Gasteiger partial charge on any atom is 0.321 e. The van der Waals surface area contributed by atoms with E-state index in [1.54, 1.807) is 24.3 Å². The number of hydrogen-bond acceptors (Lipinski definition) is 8. The van der Waals surface area contributed by atoms with Crippen LogP contribution in [-0.4, -0.2) is 63.9 Å². The van der Waals surface area contributed by atoms with Crippen LogP contribution in [0, 0.1) is 11.8 Å². The van der Waals surface area contributed by atoms with Gasteiger partial charge in [-0.05, 0) is 75.2 Å². The second-order valence-electron chi connectivity index (χ2n) is 9.55. The quantitative estimate of drug-likeness (QED) is 0.0861. The van der Waals surface area contributed by atoms with Crippen molar-refractivity contribution in [3.63, 3.8) is 0 Å². The highest BCUT2D eigenvalue weighted by Crippen LogP contribution is 2.29. The third-order valence-electron chi connectivity index (χ3n) is 6.31. The Morgan fingerprint density at radius 2 is 1.76 bits per heavy atom. The molecule has 0 saturated heterocycles. The first-order valence-corrected chi connectivity index (χ1v) is 14.4. The van der Waals surface area contributed by atoms with Gasteiger partial charge in [-0.25, -0.2) is 0 Å². The number of unbranched alkanes of at least 4 members (excludes halogenated alkanes) is 2. The number of carbonyl (C=O) groups excluding carboxylic acids is 1. The summed E-state index contributed by atoms with van der Waals surface area (Å²) in [4.78, 5) is 33.5. The van der Waals surface area contributed by atoms with Gasteiger partial charge in [0.15, 0.2) is 0 Å². The third-order valence-corrected chi connectivity index (χ3v) is 7.41. The first-order valence-electron chi connectivity index (χ1n) is 13.3. The lowest BCUT2D eigenvalue weighted by molar-refractivity contribution is -0.140. The summed E-state index contributed by atoms with van der Waals surface area (Å²) in [6.07, 6.45) is 7.48. The molecule has 6 N–H and O–H groups in total. The molecule has 0 heterocycles. The Labute approximate surface area is 230 Å². The molecule has 1 aromatic carbocycles. The summed E-state index contributed by atoms with van der Waals surface area (Å²) >= 11 is 1.37. The molecule has 1 saturated carbocycles. The number of hydrogen-bond donors (Lipinski definition) is 5. The highest BCUT2D eigenvalue weighted by molar-refractivity contribution is 7.99. The number of benzene rings is 1. The average molecular weight is 553 g/mol. The van der Waals surface area contributed by atoms with E-state index in [1.807, 2.05) is 0 Å². The molecule has 1 atom stereocenters. The normalized spacial score (nSPS) is 17.5. The Bertz CT molecular complexity index is 855. The molecule has 214 valence electrons. The number of aryl methyl sites for hydroxylation is 1. The van der Waals surface area contributed by atoms with Crippen LogP contribution in [0.25, 0.3) is 0 Å². The van der Waals surface area contributed by atoms with E-state index in [0.717, 1.165) is 57.1 Å². The lowest BCUT2D eigenvalue weighted by Gasteiger charge is -2.26. The van der Waals surface area contributed by atoms with E-state index in [9.17, 15) is 14.4 Å². The molecule has 38 heavy (non-hydrogen) atoms. The van der Waals surface area contributed by atoms with Gasteiger partial charge in [0, 0.05) is 12.2 Å². The number of nitrogens with two attached hydrogens (primary N) is 1. The first kappa shape index (κ1) is 33.5. The lowest BCUT2D eigenvalue weighted by atomic mass is 9.82. The van der Waals surface area contributed by atoms with Gasteiger partial charge in [0.1, 0.15) is 11.8 Å². The SMILES string of the molecule is C=C(O)CSCC(NCCCCC)C(=O)O.NCC1CCC(C(=O)Oc2ccc(CCC(=O)O)cc2)CC1. The Hall–Kier alpha value is -2.56. The van der Waals surface area contributed by atoms with Crippen molar-refractivity contribution < 1.29 is 34.4 Å². The van der Waals surface area contributed by atoms with Crippen molar-refractivity contribution in [2.24, 2.45) is 17.6 Å². The number of aliphatic hydroxyl groups excluding tert-OH is 1. The largest absolute Gasteiger partial charge is 0.512 e. The van der Waals surface area contributed by atoms with Gasteiger partial charge in [-0.3, -0.25) is 14.4 Å². The van der Waals surface area contributed by atoms with E-state index >= 15 is 0 Å². The summed E-state index contributed by atoms with van der Waals surface area (Å²) < 4.78 is 5.42. The minimum atomic E-state index is -0.840.